The van der Waals surface area contributed by atoms with Crippen LogP contribution >= 0.6 is 0 Å². The Labute approximate surface area is 133 Å². The van der Waals surface area contributed by atoms with Crippen LogP contribution < -0.4 is 0 Å². The van der Waals surface area contributed by atoms with Gasteiger partial charge in [-0.05, 0) is 25.2 Å². The highest BCUT2D eigenvalue weighted by Gasteiger charge is 2.28. The normalized spacial score (nSPS) is 12.7. The van der Waals surface area contributed by atoms with Crippen molar-refractivity contribution in [2.75, 3.05) is 0 Å². The molecule has 0 aromatic heterocycles. The fraction of sp³-hybridized carbons (Fsp3) is 0.211. The van der Waals surface area contributed by atoms with Gasteiger partial charge in [0.2, 0.25) is 0 Å². The van der Waals surface area contributed by atoms with Crippen molar-refractivity contribution in [3.8, 4) is 0 Å². The zero-order chi connectivity index (χ0) is 16.2. The number of carbonyl (C=O) groups is 1. The predicted molar refractivity (Wildman–Crippen MR) is 93.5 cm³/mol. The summed E-state index contributed by atoms with van der Waals surface area (Å²) >= 11 is 0. The summed E-state index contributed by atoms with van der Waals surface area (Å²) in [6.07, 6.45) is -0.388. The third-order valence-corrected chi connectivity index (χ3v) is 4.16. The van der Waals surface area contributed by atoms with E-state index in [-0.39, 0.29) is 11.9 Å². The molecule has 0 radical (unpaired) electrons. The second-order valence-electron chi connectivity index (χ2n) is 6.24. The maximum Gasteiger partial charge on any atom is 0.191 e. The summed E-state index contributed by atoms with van der Waals surface area (Å²) in [7, 11) is -1.83. The molecule has 0 saturated heterocycles. The molecule has 0 heterocycles. The second kappa shape index (κ2) is 6.86. The van der Waals surface area contributed by atoms with Gasteiger partial charge in [0.1, 0.15) is 0 Å². The van der Waals surface area contributed by atoms with Gasteiger partial charge >= 0.3 is 0 Å². The number of Topliss-reactive ketones (excluding diaryl/α,β-unsaturated/α-hetero) is 1. The Kier molecular flexibility index (Phi) is 5.11. The molecule has 2 rings (SSSR count). The van der Waals surface area contributed by atoms with Crippen molar-refractivity contribution in [3.63, 3.8) is 0 Å². The number of hydrogen-bond acceptors (Lipinski definition) is 2. The molecule has 0 saturated carbocycles. The summed E-state index contributed by atoms with van der Waals surface area (Å²) in [5.74, 6) is -0.0623. The minimum absolute atomic E-state index is 0.0623. The molecule has 0 N–H and O–H groups in total. The molecule has 114 valence electrons. The van der Waals surface area contributed by atoms with Crippen LogP contribution in [0.1, 0.15) is 22.0 Å². The number of ketones is 1. The van der Waals surface area contributed by atoms with Crippen LogP contribution in [0.25, 0.3) is 0 Å². The molecular weight excluding hydrogens is 288 g/mol. The Balaban J connectivity index is 2.33. The maximum absolute atomic E-state index is 12.7. The van der Waals surface area contributed by atoms with Crippen molar-refractivity contribution in [1.29, 1.82) is 0 Å². The second-order valence-corrected chi connectivity index (χ2v) is 10.7. The van der Waals surface area contributed by atoms with E-state index < -0.39 is 8.32 Å². The molecule has 3 heteroatoms. The van der Waals surface area contributed by atoms with Crippen molar-refractivity contribution in [1.82, 2.24) is 0 Å². The van der Waals surface area contributed by atoms with Crippen LogP contribution in [0.2, 0.25) is 19.6 Å². The standard InChI is InChI=1S/C19H22O2Si/c1-15(18(20)16-11-7-5-8-12-16)19(21-22(2,3)4)17-13-9-6-10-14-17/h5-14,19H,1H2,2-4H3. The van der Waals surface area contributed by atoms with E-state index in [2.05, 4.69) is 26.2 Å². The molecular formula is C19H22O2Si. The van der Waals surface area contributed by atoms with Gasteiger partial charge < -0.3 is 4.43 Å². The van der Waals surface area contributed by atoms with Gasteiger partial charge in [0.25, 0.3) is 0 Å². The monoisotopic (exact) mass is 310 g/mol. The molecule has 0 aliphatic heterocycles. The Hall–Kier alpha value is -1.97. The molecule has 0 aliphatic carbocycles. The van der Waals surface area contributed by atoms with Crippen LogP contribution in [-0.4, -0.2) is 14.1 Å². The van der Waals surface area contributed by atoms with Crippen LogP contribution in [0.4, 0.5) is 0 Å². The van der Waals surface area contributed by atoms with Crippen molar-refractivity contribution < 1.29 is 9.22 Å². The molecule has 2 nitrogen and oxygen atoms in total. The highest BCUT2D eigenvalue weighted by Crippen LogP contribution is 2.30. The van der Waals surface area contributed by atoms with Crippen molar-refractivity contribution >= 4 is 14.1 Å². The van der Waals surface area contributed by atoms with Gasteiger partial charge in [0.15, 0.2) is 14.1 Å². The number of hydrogen-bond donors (Lipinski definition) is 0. The molecule has 1 unspecified atom stereocenters. The third kappa shape index (κ3) is 4.26. The van der Waals surface area contributed by atoms with Crippen molar-refractivity contribution in [3.05, 3.63) is 83.9 Å². The summed E-state index contributed by atoms with van der Waals surface area (Å²) in [5, 5.41) is 0. The highest BCUT2D eigenvalue weighted by molar-refractivity contribution is 6.69. The first-order valence-corrected chi connectivity index (χ1v) is 10.8. The van der Waals surface area contributed by atoms with E-state index in [4.69, 9.17) is 4.43 Å². The molecule has 2 aromatic rings. The van der Waals surface area contributed by atoms with Crippen LogP contribution in [0, 0.1) is 0 Å². The number of carbonyl (C=O) groups excluding carboxylic acids is 1. The zero-order valence-electron chi connectivity index (χ0n) is 13.4. The van der Waals surface area contributed by atoms with Crippen molar-refractivity contribution in [2.24, 2.45) is 0 Å². The Bertz CT molecular complexity index is 642. The van der Waals surface area contributed by atoms with Gasteiger partial charge in [0, 0.05) is 11.1 Å². The topological polar surface area (TPSA) is 26.3 Å². The number of rotatable bonds is 6. The Morgan fingerprint density at radius 1 is 0.955 bits per heavy atom. The first kappa shape index (κ1) is 16.4. The van der Waals surface area contributed by atoms with E-state index in [1.165, 1.54) is 0 Å². The van der Waals surface area contributed by atoms with Crippen LogP contribution in [-0.2, 0) is 4.43 Å². The van der Waals surface area contributed by atoms with E-state index in [1.807, 2.05) is 60.7 Å². The van der Waals surface area contributed by atoms with Crippen LogP contribution in [0.5, 0.6) is 0 Å². The van der Waals surface area contributed by atoms with Crippen molar-refractivity contribution in [2.45, 2.75) is 25.7 Å². The molecule has 0 amide bonds. The van der Waals surface area contributed by atoms with Gasteiger partial charge in [-0.25, -0.2) is 0 Å². The minimum atomic E-state index is -1.83. The lowest BCUT2D eigenvalue weighted by Crippen LogP contribution is -2.30. The lowest BCUT2D eigenvalue weighted by Gasteiger charge is -2.28. The molecule has 2 aromatic carbocycles. The first-order valence-electron chi connectivity index (χ1n) is 7.40. The van der Waals surface area contributed by atoms with Gasteiger partial charge in [-0.1, -0.05) is 67.2 Å². The van der Waals surface area contributed by atoms with Gasteiger partial charge in [-0.15, -0.1) is 0 Å². The maximum atomic E-state index is 12.7. The summed E-state index contributed by atoms with van der Waals surface area (Å²) in [5.41, 5.74) is 2.10. The molecule has 0 fully saturated rings. The average Bonchev–Trinajstić information content (AvgIpc) is 2.52. The van der Waals surface area contributed by atoms with Gasteiger partial charge in [-0.3, -0.25) is 4.79 Å². The van der Waals surface area contributed by atoms with E-state index in [0.717, 1.165) is 5.56 Å². The van der Waals surface area contributed by atoms with E-state index in [1.54, 1.807) is 0 Å². The fourth-order valence-corrected chi connectivity index (χ4v) is 3.20. The van der Waals surface area contributed by atoms with Crippen LogP contribution in [0.3, 0.4) is 0 Å². The van der Waals surface area contributed by atoms with Crippen LogP contribution in [0.15, 0.2) is 72.8 Å². The average molecular weight is 310 g/mol. The molecule has 0 bridgehead atoms. The molecule has 22 heavy (non-hydrogen) atoms. The molecule has 0 aliphatic rings. The quantitative estimate of drug-likeness (QED) is 0.425. The first-order chi connectivity index (χ1) is 10.4. The van der Waals surface area contributed by atoms with E-state index in [0.29, 0.717) is 11.1 Å². The highest BCUT2D eigenvalue weighted by atomic mass is 28.4. The largest absolute Gasteiger partial charge is 0.407 e. The molecule has 1 atom stereocenters. The smallest absolute Gasteiger partial charge is 0.191 e. The van der Waals surface area contributed by atoms with E-state index >= 15 is 0 Å². The Morgan fingerprint density at radius 2 is 1.45 bits per heavy atom. The summed E-state index contributed by atoms with van der Waals surface area (Å²) in [6.45, 7) is 10.4. The summed E-state index contributed by atoms with van der Waals surface area (Å²) in [6, 6.07) is 19.1. The summed E-state index contributed by atoms with van der Waals surface area (Å²) in [4.78, 5) is 12.7. The predicted octanol–water partition coefficient (Wildman–Crippen LogP) is 5.02. The Morgan fingerprint density at radius 3 is 1.95 bits per heavy atom. The zero-order valence-corrected chi connectivity index (χ0v) is 14.4. The lowest BCUT2D eigenvalue weighted by molar-refractivity contribution is 0.0995. The third-order valence-electron chi connectivity index (χ3n) is 3.22. The lowest BCUT2D eigenvalue weighted by atomic mass is 9.96. The molecule has 0 spiro atoms. The number of benzene rings is 2. The van der Waals surface area contributed by atoms with Gasteiger partial charge in [0.05, 0.1) is 6.10 Å². The minimum Gasteiger partial charge on any atom is -0.407 e. The SMILES string of the molecule is C=C(C(=O)c1ccccc1)C(O[Si](C)(C)C)c1ccccc1. The fourth-order valence-electron chi connectivity index (χ4n) is 2.22. The summed E-state index contributed by atoms with van der Waals surface area (Å²) < 4.78 is 6.25. The van der Waals surface area contributed by atoms with E-state index in [9.17, 15) is 4.79 Å². The van der Waals surface area contributed by atoms with Gasteiger partial charge in [-0.2, -0.15) is 0 Å².